The fourth-order valence-electron chi connectivity index (χ4n) is 3.44. The first-order valence-corrected chi connectivity index (χ1v) is 8.98. The molecule has 4 rings (SSSR count). The number of benzene rings is 1. The number of carbonyl (C=O) groups is 2. The van der Waals surface area contributed by atoms with Gasteiger partial charge in [-0.2, -0.15) is 5.10 Å². The first-order chi connectivity index (χ1) is 13.1. The van der Waals surface area contributed by atoms with Crippen LogP contribution in [0.25, 0.3) is 10.9 Å². The van der Waals surface area contributed by atoms with Crippen molar-refractivity contribution in [2.45, 2.75) is 26.4 Å². The SMILES string of the molecule is Cc1ccc2n[nH]c(CNC(=O)[C@H]3CC(=O)N(Cc4ccncc4)C3)c2c1. The number of H-pyrrole nitrogens is 1. The summed E-state index contributed by atoms with van der Waals surface area (Å²) < 4.78 is 0. The van der Waals surface area contributed by atoms with E-state index >= 15 is 0 Å². The van der Waals surface area contributed by atoms with E-state index in [4.69, 9.17) is 0 Å². The van der Waals surface area contributed by atoms with E-state index in [0.717, 1.165) is 27.7 Å². The molecule has 2 N–H and O–H groups in total. The second kappa shape index (κ2) is 7.19. The molecule has 3 aromatic rings. The number of aryl methyl sites for hydroxylation is 1. The molecule has 7 heteroatoms. The van der Waals surface area contributed by atoms with Gasteiger partial charge >= 0.3 is 0 Å². The molecule has 0 aliphatic carbocycles. The minimum Gasteiger partial charge on any atom is -0.350 e. The summed E-state index contributed by atoms with van der Waals surface area (Å²) in [5.41, 5.74) is 3.91. The van der Waals surface area contributed by atoms with Crippen molar-refractivity contribution in [1.29, 1.82) is 0 Å². The lowest BCUT2D eigenvalue weighted by Gasteiger charge is -2.16. The van der Waals surface area contributed by atoms with Gasteiger partial charge in [-0.25, -0.2) is 0 Å². The summed E-state index contributed by atoms with van der Waals surface area (Å²) in [6, 6.07) is 9.78. The largest absolute Gasteiger partial charge is 0.350 e. The lowest BCUT2D eigenvalue weighted by Crippen LogP contribution is -2.32. The van der Waals surface area contributed by atoms with Crippen LogP contribution in [0.1, 0.15) is 23.2 Å². The maximum absolute atomic E-state index is 12.6. The van der Waals surface area contributed by atoms with Crippen LogP contribution in [0.3, 0.4) is 0 Å². The standard InChI is InChI=1S/C20H21N5O2/c1-13-2-3-17-16(8-13)18(24-23-17)10-22-20(27)15-9-19(26)25(12-15)11-14-4-6-21-7-5-14/h2-8,15H,9-12H2,1H3,(H,22,27)(H,23,24)/t15-/m0/s1. The van der Waals surface area contributed by atoms with Crippen molar-refractivity contribution < 1.29 is 9.59 Å². The molecule has 0 spiro atoms. The van der Waals surface area contributed by atoms with Crippen LogP contribution in [0, 0.1) is 12.8 Å². The Bertz CT molecular complexity index is 982. The predicted octanol–water partition coefficient (Wildman–Crippen LogP) is 1.93. The van der Waals surface area contributed by atoms with Gasteiger partial charge in [0.2, 0.25) is 11.8 Å². The molecule has 1 aliphatic rings. The zero-order chi connectivity index (χ0) is 18.8. The van der Waals surface area contributed by atoms with Gasteiger partial charge in [0.25, 0.3) is 0 Å². The Morgan fingerprint density at radius 2 is 2.11 bits per heavy atom. The van der Waals surface area contributed by atoms with E-state index in [1.165, 1.54) is 0 Å². The first-order valence-electron chi connectivity index (χ1n) is 8.98. The van der Waals surface area contributed by atoms with Crippen LogP contribution in [0.5, 0.6) is 0 Å². The highest BCUT2D eigenvalue weighted by Crippen LogP contribution is 2.21. The second-order valence-electron chi connectivity index (χ2n) is 6.97. The number of hydrogen-bond acceptors (Lipinski definition) is 4. The molecular formula is C20H21N5O2. The minimum absolute atomic E-state index is 0.00887. The fraction of sp³-hybridized carbons (Fsp3) is 0.300. The highest BCUT2D eigenvalue weighted by atomic mass is 16.2. The van der Waals surface area contributed by atoms with Gasteiger partial charge in [-0.15, -0.1) is 0 Å². The Labute approximate surface area is 156 Å². The van der Waals surface area contributed by atoms with Crippen LogP contribution >= 0.6 is 0 Å². The Morgan fingerprint density at radius 3 is 2.93 bits per heavy atom. The third kappa shape index (κ3) is 3.67. The van der Waals surface area contributed by atoms with Crippen LogP contribution in [0.4, 0.5) is 0 Å². The third-order valence-corrected chi connectivity index (χ3v) is 4.94. The number of nitrogens with one attached hydrogen (secondary N) is 2. The van der Waals surface area contributed by atoms with E-state index in [2.05, 4.69) is 26.6 Å². The van der Waals surface area contributed by atoms with Crippen molar-refractivity contribution in [2.75, 3.05) is 6.54 Å². The van der Waals surface area contributed by atoms with Crippen LogP contribution in [-0.4, -0.2) is 38.4 Å². The topological polar surface area (TPSA) is 91.0 Å². The molecule has 1 fully saturated rings. The van der Waals surface area contributed by atoms with Crippen molar-refractivity contribution in [3.8, 4) is 0 Å². The number of aromatic nitrogens is 3. The molecule has 27 heavy (non-hydrogen) atoms. The summed E-state index contributed by atoms with van der Waals surface area (Å²) in [6.07, 6.45) is 3.66. The second-order valence-corrected chi connectivity index (χ2v) is 6.97. The molecule has 2 aromatic heterocycles. The maximum atomic E-state index is 12.6. The molecule has 0 saturated carbocycles. The van der Waals surface area contributed by atoms with E-state index in [1.54, 1.807) is 17.3 Å². The molecule has 2 amide bonds. The number of rotatable bonds is 5. The molecule has 138 valence electrons. The summed E-state index contributed by atoms with van der Waals surface area (Å²) in [7, 11) is 0. The van der Waals surface area contributed by atoms with Gasteiger partial charge in [-0.3, -0.25) is 19.7 Å². The average molecular weight is 363 g/mol. The van der Waals surface area contributed by atoms with Crippen molar-refractivity contribution in [3.63, 3.8) is 0 Å². The molecule has 0 radical (unpaired) electrons. The number of pyridine rings is 1. The normalized spacial score (nSPS) is 16.9. The lowest BCUT2D eigenvalue weighted by molar-refractivity contribution is -0.129. The first kappa shape index (κ1) is 17.2. The van der Waals surface area contributed by atoms with Gasteiger partial charge < -0.3 is 10.2 Å². The quantitative estimate of drug-likeness (QED) is 0.725. The lowest BCUT2D eigenvalue weighted by atomic mass is 10.1. The zero-order valence-electron chi connectivity index (χ0n) is 15.1. The maximum Gasteiger partial charge on any atom is 0.225 e. The average Bonchev–Trinajstić information content (AvgIpc) is 3.24. The Balaban J connectivity index is 1.37. The van der Waals surface area contributed by atoms with E-state index in [9.17, 15) is 9.59 Å². The molecule has 3 heterocycles. The number of fused-ring (bicyclic) bond motifs is 1. The minimum atomic E-state index is -0.324. The third-order valence-electron chi connectivity index (χ3n) is 4.94. The van der Waals surface area contributed by atoms with Gasteiger partial charge in [-0.1, -0.05) is 11.6 Å². The van der Waals surface area contributed by atoms with Gasteiger partial charge in [0.15, 0.2) is 0 Å². The molecule has 1 atom stereocenters. The Kier molecular flexibility index (Phi) is 4.58. The van der Waals surface area contributed by atoms with Gasteiger partial charge in [-0.05, 0) is 36.8 Å². The van der Waals surface area contributed by atoms with Gasteiger partial charge in [0.1, 0.15) is 0 Å². The summed E-state index contributed by atoms with van der Waals surface area (Å²) in [5.74, 6) is -0.416. The summed E-state index contributed by atoms with van der Waals surface area (Å²) in [6.45, 7) is 3.34. The Morgan fingerprint density at radius 1 is 1.30 bits per heavy atom. The fourth-order valence-corrected chi connectivity index (χ4v) is 3.44. The van der Waals surface area contributed by atoms with E-state index in [-0.39, 0.29) is 24.2 Å². The number of carbonyl (C=O) groups excluding carboxylic acids is 2. The summed E-state index contributed by atoms with van der Waals surface area (Å²) in [4.78, 5) is 30.5. The van der Waals surface area contributed by atoms with Gasteiger partial charge in [0.05, 0.1) is 23.7 Å². The molecule has 0 unspecified atom stereocenters. The Hall–Kier alpha value is -3.22. The van der Waals surface area contributed by atoms with Crippen molar-refractivity contribution in [1.82, 2.24) is 25.4 Å². The van der Waals surface area contributed by atoms with Crippen molar-refractivity contribution >= 4 is 22.7 Å². The van der Waals surface area contributed by atoms with E-state index in [0.29, 0.717) is 19.6 Å². The van der Waals surface area contributed by atoms with Crippen LogP contribution in [-0.2, 0) is 22.7 Å². The predicted molar refractivity (Wildman–Crippen MR) is 100 cm³/mol. The van der Waals surface area contributed by atoms with E-state index < -0.39 is 0 Å². The van der Waals surface area contributed by atoms with Crippen LogP contribution in [0.2, 0.25) is 0 Å². The van der Waals surface area contributed by atoms with Gasteiger partial charge in [0, 0.05) is 37.3 Å². The molecule has 7 nitrogen and oxygen atoms in total. The smallest absolute Gasteiger partial charge is 0.225 e. The highest BCUT2D eigenvalue weighted by Gasteiger charge is 2.34. The van der Waals surface area contributed by atoms with Crippen molar-refractivity contribution in [3.05, 3.63) is 59.5 Å². The molecular weight excluding hydrogens is 342 g/mol. The zero-order valence-corrected chi connectivity index (χ0v) is 15.1. The number of likely N-dealkylation sites (tertiary alicyclic amines) is 1. The molecule has 0 bridgehead atoms. The monoisotopic (exact) mass is 363 g/mol. The summed E-state index contributed by atoms with van der Waals surface area (Å²) >= 11 is 0. The number of aromatic amines is 1. The number of hydrogen-bond donors (Lipinski definition) is 2. The highest BCUT2D eigenvalue weighted by molar-refractivity contribution is 5.89. The number of nitrogens with zero attached hydrogens (tertiary/aromatic N) is 3. The van der Waals surface area contributed by atoms with Crippen LogP contribution in [0.15, 0.2) is 42.7 Å². The molecule has 1 saturated heterocycles. The number of amides is 2. The summed E-state index contributed by atoms with van der Waals surface area (Å²) in [5, 5.41) is 11.2. The molecule has 1 aromatic carbocycles. The van der Waals surface area contributed by atoms with Crippen LogP contribution < -0.4 is 5.32 Å². The van der Waals surface area contributed by atoms with Crippen molar-refractivity contribution in [2.24, 2.45) is 5.92 Å². The molecule has 1 aliphatic heterocycles. The van der Waals surface area contributed by atoms with E-state index in [1.807, 2.05) is 31.2 Å².